The number of carbonyl (C=O) groups excluding carboxylic acids is 1. The van der Waals surface area contributed by atoms with Gasteiger partial charge in [-0.3, -0.25) is 4.79 Å². The Morgan fingerprint density at radius 3 is 2.93 bits per heavy atom. The topological polar surface area (TPSA) is 46.3 Å². The predicted molar refractivity (Wildman–Crippen MR) is 63.8 cm³/mol. The number of amides is 1. The molecule has 4 heteroatoms. The fourth-order valence-electron chi connectivity index (χ4n) is 2.86. The summed E-state index contributed by atoms with van der Waals surface area (Å²) in [6, 6.07) is 0.341. The fourth-order valence-corrected chi connectivity index (χ4v) is 3.24. The summed E-state index contributed by atoms with van der Waals surface area (Å²) >= 11 is 1.74. The molecule has 2 fully saturated rings. The second-order valence-corrected chi connectivity index (χ2v) is 5.69. The number of rotatable bonds is 3. The van der Waals surface area contributed by atoms with Crippen molar-refractivity contribution in [2.75, 3.05) is 25.1 Å². The van der Waals surface area contributed by atoms with Crippen LogP contribution in [-0.2, 0) is 4.79 Å². The molecule has 1 saturated carbocycles. The first-order valence-electron chi connectivity index (χ1n) is 5.74. The maximum absolute atomic E-state index is 11.8. The fraction of sp³-hybridized carbons (Fsp3) is 0.909. The maximum Gasteiger partial charge on any atom is 0.223 e. The molecule has 1 aliphatic heterocycles. The van der Waals surface area contributed by atoms with Crippen molar-refractivity contribution in [2.45, 2.75) is 25.3 Å². The van der Waals surface area contributed by atoms with Gasteiger partial charge in [0.1, 0.15) is 0 Å². The summed E-state index contributed by atoms with van der Waals surface area (Å²) in [5, 5.41) is 0. The zero-order valence-electron chi connectivity index (χ0n) is 9.32. The SMILES string of the molecule is CSCCC(=O)N1CC2CCC(N)C2C1. The van der Waals surface area contributed by atoms with Crippen LogP contribution in [0.15, 0.2) is 0 Å². The molecule has 2 rings (SSSR count). The van der Waals surface area contributed by atoms with E-state index in [4.69, 9.17) is 5.73 Å². The molecule has 2 N–H and O–H groups in total. The molecular formula is C11H20N2OS. The van der Waals surface area contributed by atoms with Crippen LogP contribution in [-0.4, -0.2) is 41.9 Å². The van der Waals surface area contributed by atoms with E-state index in [1.54, 1.807) is 11.8 Å². The van der Waals surface area contributed by atoms with Crippen molar-refractivity contribution in [1.29, 1.82) is 0 Å². The van der Waals surface area contributed by atoms with Gasteiger partial charge in [-0.15, -0.1) is 0 Å². The van der Waals surface area contributed by atoms with Crippen molar-refractivity contribution in [3.05, 3.63) is 0 Å². The summed E-state index contributed by atoms with van der Waals surface area (Å²) in [7, 11) is 0. The molecule has 0 aromatic heterocycles. The van der Waals surface area contributed by atoms with Gasteiger partial charge in [-0.1, -0.05) is 0 Å². The van der Waals surface area contributed by atoms with E-state index in [1.165, 1.54) is 6.42 Å². The highest BCUT2D eigenvalue weighted by molar-refractivity contribution is 7.98. The van der Waals surface area contributed by atoms with Gasteiger partial charge in [-0.25, -0.2) is 0 Å². The van der Waals surface area contributed by atoms with Gasteiger partial charge in [0.05, 0.1) is 0 Å². The monoisotopic (exact) mass is 228 g/mol. The van der Waals surface area contributed by atoms with Crippen molar-refractivity contribution in [2.24, 2.45) is 17.6 Å². The van der Waals surface area contributed by atoms with Crippen LogP contribution >= 0.6 is 11.8 Å². The lowest BCUT2D eigenvalue weighted by atomic mass is 9.98. The minimum absolute atomic E-state index is 0.325. The highest BCUT2D eigenvalue weighted by Gasteiger charge is 2.42. The molecule has 3 unspecified atom stereocenters. The molecule has 1 saturated heterocycles. The summed E-state index contributed by atoms with van der Waals surface area (Å²) in [5.41, 5.74) is 6.04. The minimum Gasteiger partial charge on any atom is -0.342 e. The van der Waals surface area contributed by atoms with E-state index < -0.39 is 0 Å². The molecule has 1 heterocycles. The van der Waals surface area contributed by atoms with Crippen LogP contribution in [0.1, 0.15) is 19.3 Å². The van der Waals surface area contributed by atoms with E-state index in [2.05, 4.69) is 0 Å². The average molecular weight is 228 g/mol. The first-order chi connectivity index (χ1) is 7.22. The summed E-state index contributed by atoms with van der Waals surface area (Å²) in [5.74, 6) is 2.55. The number of fused-ring (bicyclic) bond motifs is 1. The average Bonchev–Trinajstić information content (AvgIpc) is 2.78. The van der Waals surface area contributed by atoms with E-state index in [0.29, 0.717) is 30.2 Å². The lowest BCUT2D eigenvalue weighted by molar-refractivity contribution is -0.130. The van der Waals surface area contributed by atoms with Gasteiger partial charge < -0.3 is 10.6 Å². The van der Waals surface area contributed by atoms with E-state index in [9.17, 15) is 4.79 Å². The Hall–Kier alpha value is -0.220. The van der Waals surface area contributed by atoms with Crippen molar-refractivity contribution >= 4 is 17.7 Å². The van der Waals surface area contributed by atoms with Gasteiger partial charge in [0.2, 0.25) is 5.91 Å². The number of thioether (sulfide) groups is 1. The van der Waals surface area contributed by atoms with Crippen LogP contribution in [0.5, 0.6) is 0 Å². The summed E-state index contributed by atoms with van der Waals surface area (Å²) in [6.45, 7) is 1.88. The number of carbonyl (C=O) groups is 1. The molecule has 0 aromatic carbocycles. The number of nitrogens with zero attached hydrogens (tertiary/aromatic N) is 1. The van der Waals surface area contributed by atoms with Crippen molar-refractivity contribution in [3.63, 3.8) is 0 Å². The van der Waals surface area contributed by atoms with Gasteiger partial charge >= 0.3 is 0 Å². The van der Waals surface area contributed by atoms with Crippen LogP contribution < -0.4 is 5.73 Å². The maximum atomic E-state index is 11.8. The Bertz CT molecular complexity index is 247. The van der Waals surface area contributed by atoms with Crippen LogP contribution in [0, 0.1) is 11.8 Å². The molecule has 1 aliphatic carbocycles. The molecule has 3 nitrogen and oxygen atoms in total. The summed E-state index contributed by atoms with van der Waals surface area (Å²) < 4.78 is 0. The molecule has 86 valence electrons. The lowest BCUT2D eigenvalue weighted by Gasteiger charge is -2.18. The van der Waals surface area contributed by atoms with Crippen molar-refractivity contribution in [1.82, 2.24) is 4.90 Å². The van der Waals surface area contributed by atoms with E-state index in [1.807, 2.05) is 11.2 Å². The van der Waals surface area contributed by atoms with Crippen LogP contribution in [0.25, 0.3) is 0 Å². The second-order valence-electron chi connectivity index (χ2n) is 4.71. The molecule has 2 aliphatic rings. The van der Waals surface area contributed by atoms with Crippen molar-refractivity contribution in [3.8, 4) is 0 Å². The van der Waals surface area contributed by atoms with E-state index >= 15 is 0 Å². The number of hydrogen-bond donors (Lipinski definition) is 1. The van der Waals surface area contributed by atoms with E-state index in [0.717, 1.165) is 25.3 Å². The Balaban J connectivity index is 1.85. The third-order valence-corrected chi connectivity index (χ3v) is 4.40. The highest BCUT2D eigenvalue weighted by atomic mass is 32.2. The summed E-state index contributed by atoms with van der Waals surface area (Å²) in [6.07, 6.45) is 5.11. The Kier molecular flexibility index (Phi) is 3.57. The summed E-state index contributed by atoms with van der Waals surface area (Å²) in [4.78, 5) is 13.8. The lowest BCUT2D eigenvalue weighted by Crippen LogP contribution is -2.33. The largest absolute Gasteiger partial charge is 0.342 e. The molecule has 1 amide bonds. The van der Waals surface area contributed by atoms with E-state index in [-0.39, 0.29) is 0 Å². The number of hydrogen-bond acceptors (Lipinski definition) is 3. The normalized spacial score (nSPS) is 34.5. The Morgan fingerprint density at radius 1 is 1.47 bits per heavy atom. The van der Waals surface area contributed by atoms with Gasteiger partial charge in [0, 0.05) is 31.3 Å². The zero-order valence-corrected chi connectivity index (χ0v) is 10.1. The van der Waals surface area contributed by atoms with Crippen LogP contribution in [0.2, 0.25) is 0 Å². The van der Waals surface area contributed by atoms with Crippen LogP contribution in [0.4, 0.5) is 0 Å². The quantitative estimate of drug-likeness (QED) is 0.782. The zero-order chi connectivity index (χ0) is 10.8. The molecule has 0 bridgehead atoms. The number of nitrogens with two attached hydrogens (primary N) is 1. The van der Waals surface area contributed by atoms with Gasteiger partial charge in [-0.2, -0.15) is 11.8 Å². The van der Waals surface area contributed by atoms with Crippen molar-refractivity contribution < 1.29 is 4.79 Å². The van der Waals surface area contributed by atoms with Gasteiger partial charge in [0.25, 0.3) is 0 Å². The second kappa shape index (κ2) is 4.74. The molecule has 0 spiro atoms. The minimum atomic E-state index is 0.325. The Morgan fingerprint density at radius 2 is 2.27 bits per heavy atom. The first kappa shape index (κ1) is 11.3. The molecule has 15 heavy (non-hydrogen) atoms. The molecule has 0 aromatic rings. The molecule has 3 atom stereocenters. The Labute approximate surface area is 95.8 Å². The number of likely N-dealkylation sites (tertiary alicyclic amines) is 1. The molecule has 0 radical (unpaired) electrons. The highest BCUT2D eigenvalue weighted by Crippen LogP contribution is 2.37. The van der Waals surface area contributed by atoms with Gasteiger partial charge in [-0.05, 0) is 30.9 Å². The molecular weight excluding hydrogens is 208 g/mol. The smallest absolute Gasteiger partial charge is 0.223 e. The predicted octanol–water partition coefficient (Wildman–Crippen LogP) is 0.935. The first-order valence-corrected chi connectivity index (χ1v) is 7.14. The third kappa shape index (κ3) is 2.31. The van der Waals surface area contributed by atoms with Gasteiger partial charge in [0.15, 0.2) is 0 Å². The standard InChI is InChI=1S/C11H20N2OS/c1-15-5-4-11(14)13-6-8-2-3-10(12)9(8)7-13/h8-10H,2-7,12H2,1H3. The van der Waals surface area contributed by atoms with Crippen LogP contribution in [0.3, 0.4) is 0 Å². The third-order valence-electron chi connectivity index (χ3n) is 3.79.